The third-order valence-electron chi connectivity index (χ3n) is 2.50. The van der Waals surface area contributed by atoms with E-state index < -0.39 is 11.5 Å². The summed E-state index contributed by atoms with van der Waals surface area (Å²) in [4.78, 5) is 12.5. The van der Waals surface area contributed by atoms with Crippen LogP contribution in [0.3, 0.4) is 0 Å². The van der Waals surface area contributed by atoms with Gasteiger partial charge < -0.3 is 0 Å². The van der Waals surface area contributed by atoms with Crippen LogP contribution in [0.2, 0.25) is 0 Å². The summed E-state index contributed by atoms with van der Waals surface area (Å²) in [5.41, 5.74) is -0.523. The molecule has 1 aromatic rings. The molecule has 0 spiro atoms. The Labute approximate surface area is 88.0 Å². The van der Waals surface area contributed by atoms with Gasteiger partial charge in [0.15, 0.2) is 6.04 Å². The molecule has 0 N–H and O–H groups in total. The Kier molecular flexibility index (Phi) is 2.30. The summed E-state index contributed by atoms with van der Waals surface area (Å²) in [5, 5.41) is 9.03. The van der Waals surface area contributed by atoms with Crippen LogP contribution in [-0.2, 0) is 5.41 Å². The molecular weight excluding hydrogens is 188 g/mol. The minimum atomic E-state index is -0.523. The molecule has 0 radical (unpaired) electrons. The van der Waals surface area contributed by atoms with Crippen molar-refractivity contribution in [2.24, 2.45) is 4.99 Å². The monoisotopic (exact) mass is 198 g/mol. The summed E-state index contributed by atoms with van der Waals surface area (Å²) in [5.74, 6) is 0.629. The maximum Gasteiger partial charge on any atom is 0.152 e. The van der Waals surface area contributed by atoms with Gasteiger partial charge in [0.1, 0.15) is 5.82 Å². The third-order valence-corrected chi connectivity index (χ3v) is 2.50. The minimum absolute atomic E-state index is 0.454. The van der Waals surface area contributed by atoms with Gasteiger partial charge in [-0.15, -0.1) is 0 Å². The molecule has 0 saturated heterocycles. The standard InChI is InChI=1S/C11H10N4/c1-11(10-14-6-3-7-15-10)4-2-5-13-9(11)8-12/h2-7,9H,1H3. The molecule has 4 nitrogen and oxygen atoms in total. The number of nitrogens with zero attached hydrogens (tertiary/aromatic N) is 4. The summed E-state index contributed by atoms with van der Waals surface area (Å²) in [6.07, 6.45) is 8.73. The van der Waals surface area contributed by atoms with E-state index in [9.17, 15) is 0 Å². The van der Waals surface area contributed by atoms with Crippen molar-refractivity contribution in [3.8, 4) is 6.07 Å². The third kappa shape index (κ3) is 1.52. The molecular formula is C11H10N4. The molecule has 2 heterocycles. The zero-order valence-electron chi connectivity index (χ0n) is 8.33. The van der Waals surface area contributed by atoms with Gasteiger partial charge in [-0.25, -0.2) is 9.97 Å². The van der Waals surface area contributed by atoms with Gasteiger partial charge in [0.2, 0.25) is 0 Å². The van der Waals surface area contributed by atoms with Crippen molar-refractivity contribution in [2.45, 2.75) is 18.4 Å². The van der Waals surface area contributed by atoms with E-state index in [0.29, 0.717) is 5.82 Å². The van der Waals surface area contributed by atoms with Gasteiger partial charge in [-0.3, -0.25) is 4.99 Å². The smallest absolute Gasteiger partial charge is 0.152 e. The number of rotatable bonds is 1. The Morgan fingerprint density at radius 2 is 2.13 bits per heavy atom. The topological polar surface area (TPSA) is 61.9 Å². The Bertz CT molecular complexity index is 443. The van der Waals surface area contributed by atoms with E-state index in [1.54, 1.807) is 24.7 Å². The Balaban J connectivity index is 2.47. The minimum Gasteiger partial charge on any atom is -0.273 e. The zero-order valence-corrected chi connectivity index (χ0v) is 8.33. The first-order chi connectivity index (χ1) is 7.27. The first-order valence-corrected chi connectivity index (χ1v) is 4.65. The number of nitriles is 1. The van der Waals surface area contributed by atoms with Gasteiger partial charge in [0.25, 0.3) is 0 Å². The Morgan fingerprint density at radius 3 is 2.80 bits per heavy atom. The van der Waals surface area contributed by atoms with E-state index in [0.717, 1.165) is 0 Å². The first kappa shape index (κ1) is 9.53. The molecule has 1 aromatic heterocycles. The fraction of sp³-hybridized carbons (Fsp3) is 0.273. The van der Waals surface area contributed by atoms with Crippen LogP contribution in [0.25, 0.3) is 0 Å². The van der Waals surface area contributed by atoms with Crippen molar-refractivity contribution < 1.29 is 0 Å². The summed E-state index contributed by atoms with van der Waals surface area (Å²) >= 11 is 0. The van der Waals surface area contributed by atoms with Crippen LogP contribution in [0.5, 0.6) is 0 Å². The highest BCUT2D eigenvalue weighted by atomic mass is 14.9. The van der Waals surface area contributed by atoms with Crippen LogP contribution in [0, 0.1) is 11.3 Å². The second kappa shape index (κ2) is 3.62. The lowest BCUT2D eigenvalue weighted by molar-refractivity contribution is 0.498. The Hall–Kier alpha value is -2.02. The molecule has 4 heteroatoms. The van der Waals surface area contributed by atoms with Gasteiger partial charge in [-0.2, -0.15) is 5.26 Å². The van der Waals surface area contributed by atoms with Crippen molar-refractivity contribution in [2.75, 3.05) is 0 Å². The van der Waals surface area contributed by atoms with E-state index in [2.05, 4.69) is 21.0 Å². The second-order valence-corrected chi connectivity index (χ2v) is 3.54. The Morgan fingerprint density at radius 1 is 1.40 bits per heavy atom. The lowest BCUT2D eigenvalue weighted by atomic mass is 9.80. The van der Waals surface area contributed by atoms with Crippen molar-refractivity contribution in [3.63, 3.8) is 0 Å². The van der Waals surface area contributed by atoms with Gasteiger partial charge in [0, 0.05) is 18.6 Å². The van der Waals surface area contributed by atoms with Gasteiger partial charge in [-0.1, -0.05) is 6.08 Å². The molecule has 2 atom stereocenters. The van der Waals surface area contributed by atoms with Crippen LogP contribution >= 0.6 is 0 Å². The summed E-state index contributed by atoms with van der Waals surface area (Å²) in [7, 11) is 0. The molecule has 0 saturated carbocycles. The van der Waals surface area contributed by atoms with E-state index >= 15 is 0 Å². The maximum atomic E-state index is 9.03. The normalized spacial score (nSPS) is 28.7. The molecule has 2 rings (SSSR count). The summed E-state index contributed by atoms with van der Waals surface area (Å²) in [6.45, 7) is 1.92. The highest BCUT2D eigenvalue weighted by molar-refractivity contribution is 5.74. The first-order valence-electron chi connectivity index (χ1n) is 4.65. The number of allylic oxidation sites excluding steroid dienone is 1. The highest BCUT2D eigenvalue weighted by Gasteiger charge is 2.37. The quantitative estimate of drug-likeness (QED) is 0.682. The van der Waals surface area contributed by atoms with E-state index in [1.165, 1.54) is 0 Å². The van der Waals surface area contributed by atoms with Crippen LogP contribution in [0.4, 0.5) is 0 Å². The largest absolute Gasteiger partial charge is 0.273 e. The lowest BCUT2D eigenvalue weighted by Gasteiger charge is -2.28. The van der Waals surface area contributed by atoms with Crippen LogP contribution < -0.4 is 0 Å². The van der Waals surface area contributed by atoms with Crippen molar-refractivity contribution in [3.05, 3.63) is 36.4 Å². The van der Waals surface area contributed by atoms with E-state index in [-0.39, 0.29) is 0 Å². The average molecular weight is 198 g/mol. The zero-order chi connectivity index (χ0) is 10.7. The number of hydrogen-bond acceptors (Lipinski definition) is 4. The van der Waals surface area contributed by atoms with Gasteiger partial charge >= 0.3 is 0 Å². The molecule has 2 unspecified atom stereocenters. The van der Waals surface area contributed by atoms with Crippen LogP contribution in [0.15, 0.2) is 35.6 Å². The number of aromatic nitrogens is 2. The molecule has 0 aromatic carbocycles. The SMILES string of the molecule is CC1(c2ncccn2)C=CC=NC1C#N. The highest BCUT2D eigenvalue weighted by Crippen LogP contribution is 2.29. The summed E-state index contributed by atoms with van der Waals surface area (Å²) < 4.78 is 0. The van der Waals surface area contributed by atoms with Crippen LogP contribution in [0.1, 0.15) is 12.7 Å². The average Bonchev–Trinajstić information content (AvgIpc) is 2.31. The molecule has 0 fully saturated rings. The molecule has 15 heavy (non-hydrogen) atoms. The second-order valence-electron chi connectivity index (χ2n) is 3.54. The molecule has 74 valence electrons. The van der Waals surface area contributed by atoms with E-state index in [1.807, 2.05) is 19.1 Å². The van der Waals surface area contributed by atoms with Gasteiger partial charge in [-0.05, 0) is 19.1 Å². The molecule has 1 aliphatic heterocycles. The van der Waals surface area contributed by atoms with E-state index in [4.69, 9.17) is 5.26 Å². The van der Waals surface area contributed by atoms with Crippen molar-refractivity contribution in [1.29, 1.82) is 5.26 Å². The van der Waals surface area contributed by atoms with Crippen molar-refractivity contribution >= 4 is 6.21 Å². The predicted octanol–water partition coefficient (Wildman–Crippen LogP) is 1.27. The lowest BCUT2D eigenvalue weighted by Crippen LogP contribution is -2.36. The summed E-state index contributed by atoms with van der Waals surface area (Å²) in [6, 6.07) is 3.46. The maximum absolute atomic E-state index is 9.03. The molecule has 1 aliphatic rings. The molecule has 0 bridgehead atoms. The fourth-order valence-corrected chi connectivity index (χ4v) is 1.57. The van der Waals surface area contributed by atoms with Gasteiger partial charge in [0.05, 0.1) is 11.5 Å². The molecule has 0 aliphatic carbocycles. The number of hydrogen-bond donors (Lipinski definition) is 0. The number of dihydropyridines is 1. The van der Waals surface area contributed by atoms with Crippen LogP contribution in [-0.4, -0.2) is 22.2 Å². The number of aliphatic imine (C=N–C) groups is 1. The fourth-order valence-electron chi connectivity index (χ4n) is 1.57. The predicted molar refractivity (Wildman–Crippen MR) is 56.4 cm³/mol. The van der Waals surface area contributed by atoms with Crippen molar-refractivity contribution in [1.82, 2.24) is 9.97 Å². The molecule has 0 amide bonds.